The molecule has 0 fully saturated rings. The van der Waals surface area contributed by atoms with Crippen LogP contribution in [-0.4, -0.2) is 18.1 Å². The number of esters is 1. The van der Waals surface area contributed by atoms with E-state index in [0.717, 1.165) is 0 Å². The summed E-state index contributed by atoms with van der Waals surface area (Å²) in [7, 11) is 1.30. The fraction of sp³-hybridized carbons (Fsp3) is 0.364. The van der Waals surface area contributed by atoms with Crippen LogP contribution < -0.4 is 0 Å². The van der Waals surface area contributed by atoms with Crippen LogP contribution in [-0.2, 0) is 4.74 Å². The van der Waals surface area contributed by atoms with Gasteiger partial charge in [0, 0.05) is 6.20 Å². The van der Waals surface area contributed by atoms with Crippen LogP contribution in [0.5, 0.6) is 0 Å². The second-order valence-electron chi connectivity index (χ2n) is 2.44. The quantitative estimate of drug-likeness (QED) is 0.660. The standard InChI is InChI=1S/C9H8N2O2.C2H6/c1-6-7(9(12)13-2)3-4-11-8(6)5-10;1-2/h3-4H,1-2H3;1-2H3. The molecule has 1 aromatic heterocycles. The maximum absolute atomic E-state index is 11.1. The zero-order valence-corrected chi connectivity index (χ0v) is 9.37. The largest absolute Gasteiger partial charge is 0.465 e. The van der Waals surface area contributed by atoms with Gasteiger partial charge in [-0.2, -0.15) is 5.26 Å². The molecule has 0 atom stereocenters. The van der Waals surface area contributed by atoms with Crippen LogP contribution in [0.25, 0.3) is 0 Å². The van der Waals surface area contributed by atoms with Crippen molar-refractivity contribution < 1.29 is 9.53 Å². The van der Waals surface area contributed by atoms with Gasteiger partial charge in [-0.25, -0.2) is 9.78 Å². The van der Waals surface area contributed by atoms with Crippen molar-refractivity contribution in [1.82, 2.24) is 4.98 Å². The smallest absolute Gasteiger partial charge is 0.338 e. The van der Waals surface area contributed by atoms with Crippen LogP contribution in [0, 0.1) is 18.3 Å². The minimum atomic E-state index is -0.448. The number of hydrogen-bond acceptors (Lipinski definition) is 4. The molecule has 0 bridgehead atoms. The van der Waals surface area contributed by atoms with Crippen molar-refractivity contribution in [3.05, 3.63) is 29.1 Å². The predicted molar refractivity (Wildman–Crippen MR) is 56.4 cm³/mol. The highest BCUT2D eigenvalue weighted by Crippen LogP contribution is 2.10. The minimum Gasteiger partial charge on any atom is -0.465 e. The van der Waals surface area contributed by atoms with E-state index in [4.69, 9.17) is 5.26 Å². The van der Waals surface area contributed by atoms with Crippen LogP contribution in [0.2, 0.25) is 0 Å². The molecular weight excluding hydrogens is 192 g/mol. The molecular formula is C11H14N2O2. The Morgan fingerprint density at radius 1 is 1.53 bits per heavy atom. The maximum Gasteiger partial charge on any atom is 0.338 e. The molecule has 0 saturated heterocycles. The lowest BCUT2D eigenvalue weighted by atomic mass is 10.1. The molecule has 0 spiro atoms. The van der Waals surface area contributed by atoms with Crippen molar-refractivity contribution in [3.8, 4) is 6.07 Å². The number of carbonyl (C=O) groups is 1. The number of pyridine rings is 1. The Hall–Kier alpha value is -1.89. The molecule has 0 aliphatic carbocycles. The molecule has 1 heterocycles. The Labute approximate surface area is 89.5 Å². The van der Waals surface area contributed by atoms with E-state index in [-0.39, 0.29) is 5.69 Å². The van der Waals surface area contributed by atoms with Gasteiger partial charge in [0.15, 0.2) is 0 Å². The topological polar surface area (TPSA) is 63.0 Å². The van der Waals surface area contributed by atoms with Crippen molar-refractivity contribution in [2.24, 2.45) is 0 Å². The third kappa shape index (κ3) is 3.06. The van der Waals surface area contributed by atoms with Crippen molar-refractivity contribution in [3.63, 3.8) is 0 Å². The Balaban J connectivity index is 0.000000921. The monoisotopic (exact) mass is 206 g/mol. The molecule has 0 amide bonds. The lowest BCUT2D eigenvalue weighted by Crippen LogP contribution is -2.05. The fourth-order valence-electron chi connectivity index (χ4n) is 0.980. The van der Waals surface area contributed by atoms with Gasteiger partial charge < -0.3 is 4.74 Å². The Kier molecular flexibility index (Phi) is 5.72. The molecule has 4 nitrogen and oxygen atoms in total. The number of carbonyl (C=O) groups excluding carboxylic acids is 1. The van der Waals surface area contributed by atoms with Gasteiger partial charge in [-0.05, 0) is 18.6 Å². The molecule has 0 N–H and O–H groups in total. The fourth-order valence-corrected chi connectivity index (χ4v) is 0.980. The maximum atomic E-state index is 11.1. The van der Waals surface area contributed by atoms with Crippen molar-refractivity contribution in [1.29, 1.82) is 5.26 Å². The molecule has 4 heteroatoms. The van der Waals surface area contributed by atoms with Gasteiger partial charge in [-0.1, -0.05) is 13.8 Å². The van der Waals surface area contributed by atoms with Gasteiger partial charge in [-0.3, -0.25) is 0 Å². The molecule has 0 aliphatic rings. The zero-order valence-electron chi connectivity index (χ0n) is 9.37. The molecule has 0 unspecified atom stereocenters. The Morgan fingerprint density at radius 2 is 2.13 bits per heavy atom. The number of nitriles is 1. The van der Waals surface area contributed by atoms with Crippen LogP contribution in [0.4, 0.5) is 0 Å². The van der Waals surface area contributed by atoms with Gasteiger partial charge in [0.05, 0.1) is 12.7 Å². The molecule has 0 radical (unpaired) electrons. The van der Waals surface area contributed by atoms with Gasteiger partial charge in [0.2, 0.25) is 0 Å². The summed E-state index contributed by atoms with van der Waals surface area (Å²) in [4.78, 5) is 14.9. The minimum absolute atomic E-state index is 0.253. The average molecular weight is 206 g/mol. The zero-order chi connectivity index (χ0) is 11.8. The van der Waals surface area contributed by atoms with E-state index in [1.54, 1.807) is 6.92 Å². The molecule has 0 aromatic carbocycles. The highest BCUT2D eigenvalue weighted by molar-refractivity contribution is 5.91. The summed E-state index contributed by atoms with van der Waals surface area (Å²) >= 11 is 0. The lowest BCUT2D eigenvalue weighted by Gasteiger charge is -2.02. The second-order valence-corrected chi connectivity index (χ2v) is 2.44. The van der Waals surface area contributed by atoms with E-state index in [2.05, 4.69) is 9.72 Å². The highest BCUT2D eigenvalue weighted by atomic mass is 16.5. The number of rotatable bonds is 1. The van der Waals surface area contributed by atoms with Crippen molar-refractivity contribution in [2.45, 2.75) is 20.8 Å². The summed E-state index contributed by atoms with van der Waals surface area (Å²) < 4.78 is 4.54. The molecule has 1 rings (SSSR count). The third-order valence-corrected chi connectivity index (χ3v) is 1.72. The Morgan fingerprint density at radius 3 is 2.60 bits per heavy atom. The molecule has 1 aromatic rings. The normalized spacial score (nSPS) is 8.20. The summed E-state index contributed by atoms with van der Waals surface area (Å²) in [6, 6.07) is 3.43. The first-order valence-corrected chi connectivity index (χ1v) is 4.64. The van der Waals surface area contributed by atoms with E-state index in [9.17, 15) is 4.79 Å². The number of aromatic nitrogens is 1. The van der Waals surface area contributed by atoms with Crippen molar-refractivity contribution >= 4 is 5.97 Å². The highest BCUT2D eigenvalue weighted by Gasteiger charge is 2.11. The number of nitrogens with zero attached hydrogens (tertiary/aromatic N) is 2. The molecule has 80 valence electrons. The summed E-state index contributed by atoms with van der Waals surface area (Å²) in [5.74, 6) is -0.448. The summed E-state index contributed by atoms with van der Waals surface area (Å²) in [6.07, 6.45) is 1.41. The third-order valence-electron chi connectivity index (χ3n) is 1.72. The lowest BCUT2D eigenvalue weighted by molar-refractivity contribution is 0.0599. The summed E-state index contributed by atoms with van der Waals surface area (Å²) in [5, 5.41) is 8.63. The predicted octanol–water partition coefficient (Wildman–Crippen LogP) is 2.07. The molecule has 0 aliphatic heterocycles. The van der Waals surface area contributed by atoms with E-state index in [0.29, 0.717) is 11.1 Å². The average Bonchev–Trinajstić information content (AvgIpc) is 2.31. The summed E-state index contributed by atoms with van der Waals surface area (Å²) in [5.41, 5.74) is 1.19. The molecule has 15 heavy (non-hydrogen) atoms. The van der Waals surface area contributed by atoms with Gasteiger partial charge in [0.1, 0.15) is 11.8 Å². The Bertz CT molecular complexity index is 381. The first kappa shape index (κ1) is 13.1. The SMILES string of the molecule is CC.COC(=O)c1ccnc(C#N)c1C. The van der Waals surface area contributed by atoms with Crippen molar-refractivity contribution in [2.75, 3.05) is 7.11 Å². The summed E-state index contributed by atoms with van der Waals surface area (Å²) in [6.45, 7) is 5.66. The van der Waals surface area contributed by atoms with E-state index in [1.165, 1.54) is 19.4 Å². The first-order valence-electron chi connectivity index (χ1n) is 4.64. The molecule has 0 saturated carbocycles. The van der Waals surface area contributed by atoms with E-state index in [1.807, 2.05) is 19.9 Å². The van der Waals surface area contributed by atoms with Crippen LogP contribution in [0.15, 0.2) is 12.3 Å². The van der Waals surface area contributed by atoms with Crippen LogP contribution in [0.1, 0.15) is 35.5 Å². The van der Waals surface area contributed by atoms with Crippen LogP contribution >= 0.6 is 0 Å². The number of hydrogen-bond donors (Lipinski definition) is 0. The van der Waals surface area contributed by atoms with Gasteiger partial charge >= 0.3 is 5.97 Å². The second kappa shape index (κ2) is 6.55. The van der Waals surface area contributed by atoms with Crippen LogP contribution in [0.3, 0.4) is 0 Å². The number of methoxy groups -OCH3 is 1. The first-order chi connectivity index (χ1) is 7.20. The van der Waals surface area contributed by atoms with E-state index >= 15 is 0 Å². The van der Waals surface area contributed by atoms with Gasteiger partial charge in [-0.15, -0.1) is 0 Å². The van der Waals surface area contributed by atoms with E-state index < -0.39 is 5.97 Å². The number of ether oxygens (including phenoxy) is 1. The van der Waals surface area contributed by atoms with Gasteiger partial charge in [0.25, 0.3) is 0 Å².